The van der Waals surface area contributed by atoms with E-state index in [0.29, 0.717) is 12.0 Å². The lowest BCUT2D eigenvalue weighted by atomic mass is 9.79. The second-order valence-corrected chi connectivity index (χ2v) is 7.03. The Kier molecular flexibility index (Phi) is 3.19. The third kappa shape index (κ3) is 2.24. The Bertz CT molecular complexity index is 673. The maximum atomic E-state index is 12.6. The van der Waals surface area contributed by atoms with Gasteiger partial charge in [-0.15, -0.1) is 11.3 Å². The van der Waals surface area contributed by atoms with Gasteiger partial charge in [0.15, 0.2) is 0 Å². The quantitative estimate of drug-likeness (QED) is 0.927. The van der Waals surface area contributed by atoms with Gasteiger partial charge in [-0.1, -0.05) is 0 Å². The molecule has 4 nitrogen and oxygen atoms in total. The summed E-state index contributed by atoms with van der Waals surface area (Å²) < 4.78 is 1.07. The highest BCUT2D eigenvalue weighted by Crippen LogP contribution is 2.32. The van der Waals surface area contributed by atoms with Crippen LogP contribution in [0.1, 0.15) is 30.1 Å². The molecule has 0 radical (unpaired) electrons. The van der Waals surface area contributed by atoms with Crippen LogP contribution >= 0.6 is 11.3 Å². The number of benzene rings is 1. The Labute approximate surface area is 128 Å². The average molecular weight is 301 g/mol. The lowest BCUT2D eigenvalue weighted by Crippen LogP contribution is -2.62. The molecular formula is C16H19N3OS. The van der Waals surface area contributed by atoms with E-state index in [1.807, 2.05) is 23.7 Å². The van der Waals surface area contributed by atoms with Gasteiger partial charge >= 0.3 is 0 Å². The summed E-state index contributed by atoms with van der Waals surface area (Å²) in [6.07, 6.45) is 2.42. The Hall–Kier alpha value is -1.46. The monoisotopic (exact) mass is 301 g/mol. The summed E-state index contributed by atoms with van der Waals surface area (Å²) in [4.78, 5) is 19.3. The van der Waals surface area contributed by atoms with Crippen molar-refractivity contribution in [2.24, 2.45) is 5.92 Å². The van der Waals surface area contributed by atoms with Gasteiger partial charge in [0.25, 0.3) is 5.91 Å². The van der Waals surface area contributed by atoms with Crippen LogP contribution in [0.5, 0.6) is 0 Å². The predicted molar refractivity (Wildman–Crippen MR) is 84.6 cm³/mol. The third-order valence-electron chi connectivity index (χ3n) is 5.07. The molecule has 2 bridgehead atoms. The largest absolute Gasteiger partial charge is 0.347 e. The van der Waals surface area contributed by atoms with E-state index in [9.17, 15) is 4.79 Å². The van der Waals surface area contributed by atoms with Crippen LogP contribution in [0.15, 0.2) is 23.7 Å². The minimum Gasteiger partial charge on any atom is -0.347 e. The number of thiazole rings is 1. The smallest absolute Gasteiger partial charge is 0.251 e. The van der Waals surface area contributed by atoms with Crippen molar-refractivity contribution >= 4 is 27.5 Å². The summed E-state index contributed by atoms with van der Waals surface area (Å²) in [7, 11) is 0. The van der Waals surface area contributed by atoms with Gasteiger partial charge in [0, 0.05) is 17.6 Å². The number of amides is 1. The molecule has 5 rings (SSSR count). The Morgan fingerprint density at radius 3 is 2.95 bits per heavy atom. The normalized spacial score (nSPS) is 31.5. The molecule has 21 heavy (non-hydrogen) atoms. The van der Waals surface area contributed by atoms with Crippen LogP contribution in [-0.2, 0) is 0 Å². The molecule has 0 aliphatic carbocycles. The molecule has 110 valence electrons. The first-order chi connectivity index (χ1) is 10.2. The number of nitrogens with one attached hydrogen (secondary N) is 1. The van der Waals surface area contributed by atoms with Crippen LogP contribution in [0.4, 0.5) is 0 Å². The first-order valence-electron chi connectivity index (χ1n) is 7.60. The van der Waals surface area contributed by atoms with E-state index in [-0.39, 0.29) is 11.9 Å². The van der Waals surface area contributed by atoms with E-state index in [0.717, 1.165) is 15.8 Å². The van der Waals surface area contributed by atoms with Gasteiger partial charge < -0.3 is 5.32 Å². The molecule has 4 heterocycles. The van der Waals surface area contributed by atoms with E-state index in [1.165, 1.54) is 25.9 Å². The van der Waals surface area contributed by atoms with Crippen molar-refractivity contribution in [1.29, 1.82) is 0 Å². The molecule has 1 aromatic heterocycles. The predicted octanol–water partition coefficient (Wildman–Crippen LogP) is 2.51. The molecule has 3 saturated heterocycles. The number of carbonyl (C=O) groups is 1. The molecule has 1 amide bonds. The summed E-state index contributed by atoms with van der Waals surface area (Å²) in [5.74, 6) is 0.692. The number of hydrogen-bond donors (Lipinski definition) is 1. The van der Waals surface area contributed by atoms with Crippen molar-refractivity contribution in [2.45, 2.75) is 31.8 Å². The van der Waals surface area contributed by atoms with E-state index in [4.69, 9.17) is 0 Å². The van der Waals surface area contributed by atoms with Crippen molar-refractivity contribution < 1.29 is 4.79 Å². The molecule has 3 fully saturated rings. The van der Waals surface area contributed by atoms with Crippen molar-refractivity contribution in [3.63, 3.8) is 0 Å². The Balaban J connectivity index is 1.54. The molecular weight excluding hydrogens is 282 g/mol. The zero-order valence-electron chi connectivity index (χ0n) is 12.1. The van der Waals surface area contributed by atoms with Gasteiger partial charge in [-0.2, -0.15) is 0 Å². The zero-order chi connectivity index (χ0) is 14.4. The molecule has 0 unspecified atom stereocenters. The summed E-state index contributed by atoms with van der Waals surface area (Å²) in [5, 5.41) is 3.28. The van der Waals surface area contributed by atoms with Gasteiger partial charge in [-0.3, -0.25) is 9.69 Å². The molecule has 3 aliphatic heterocycles. The average Bonchev–Trinajstić information content (AvgIpc) is 2.98. The maximum absolute atomic E-state index is 12.6. The number of aromatic nitrogens is 1. The lowest BCUT2D eigenvalue weighted by molar-refractivity contribution is 0.0217. The minimum absolute atomic E-state index is 0.0518. The van der Waals surface area contributed by atoms with Gasteiger partial charge in [0.05, 0.1) is 15.7 Å². The molecule has 3 aliphatic rings. The lowest BCUT2D eigenvalue weighted by Gasteiger charge is -2.49. The summed E-state index contributed by atoms with van der Waals surface area (Å²) in [6, 6.07) is 6.50. The maximum Gasteiger partial charge on any atom is 0.251 e. The van der Waals surface area contributed by atoms with E-state index < -0.39 is 0 Å². The van der Waals surface area contributed by atoms with Gasteiger partial charge in [-0.05, 0) is 57.0 Å². The number of hydrogen-bond acceptors (Lipinski definition) is 4. The number of nitrogens with zero attached hydrogens (tertiary/aromatic N) is 2. The second kappa shape index (κ2) is 5.07. The fraction of sp³-hybridized carbons (Fsp3) is 0.500. The molecule has 2 aromatic rings. The van der Waals surface area contributed by atoms with E-state index in [2.05, 4.69) is 22.1 Å². The topological polar surface area (TPSA) is 45.2 Å². The molecule has 1 aromatic carbocycles. The molecule has 0 saturated carbocycles. The number of carbonyl (C=O) groups excluding carboxylic acids is 1. The zero-order valence-corrected chi connectivity index (χ0v) is 12.9. The first kappa shape index (κ1) is 13.2. The molecule has 2 atom stereocenters. The van der Waals surface area contributed by atoms with Crippen molar-refractivity contribution in [3.05, 3.63) is 29.3 Å². The van der Waals surface area contributed by atoms with Crippen molar-refractivity contribution in [2.75, 3.05) is 13.1 Å². The molecule has 5 heteroatoms. The van der Waals surface area contributed by atoms with E-state index in [1.54, 1.807) is 11.3 Å². The van der Waals surface area contributed by atoms with Gasteiger partial charge in [0.2, 0.25) is 0 Å². The molecule has 0 spiro atoms. The molecule has 1 N–H and O–H groups in total. The Morgan fingerprint density at radius 1 is 1.38 bits per heavy atom. The van der Waals surface area contributed by atoms with Crippen LogP contribution in [-0.4, -0.2) is 41.0 Å². The highest BCUT2D eigenvalue weighted by molar-refractivity contribution is 7.16. The van der Waals surface area contributed by atoms with Crippen molar-refractivity contribution in [1.82, 2.24) is 15.2 Å². The minimum atomic E-state index is 0.0518. The fourth-order valence-electron chi connectivity index (χ4n) is 3.78. The first-order valence-corrected chi connectivity index (χ1v) is 8.48. The third-order valence-corrected chi connectivity index (χ3v) is 5.86. The van der Waals surface area contributed by atoms with Gasteiger partial charge in [-0.25, -0.2) is 4.98 Å². The summed E-state index contributed by atoms with van der Waals surface area (Å²) in [6.45, 7) is 4.61. The van der Waals surface area contributed by atoms with Gasteiger partial charge in [0.1, 0.15) is 0 Å². The number of fused-ring (bicyclic) bond motifs is 4. The Morgan fingerprint density at radius 2 is 2.19 bits per heavy atom. The highest BCUT2D eigenvalue weighted by atomic mass is 32.1. The summed E-state index contributed by atoms with van der Waals surface area (Å²) >= 11 is 1.58. The van der Waals surface area contributed by atoms with Crippen molar-refractivity contribution in [3.8, 4) is 0 Å². The second-order valence-electron chi connectivity index (χ2n) is 6.15. The van der Waals surface area contributed by atoms with Crippen LogP contribution < -0.4 is 5.32 Å². The fourth-order valence-corrected chi connectivity index (χ4v) is 4.49. The van der Waals surface area contributed by atoms with Crippen LogP contribution in [0.3, 0.4) is 0 Å². The highest BCUT2D eigenvalue weighted by Gasteiger charge is 2.40. The standard InChI is InChI=1S/C16H19N3OS/c1-10-15(11-4-6-19(10)7-5-11)18-16(20)12-2-3-13-14(8-12)21-9-17-13/h2-3,8-11,15H,4-7H2,1H3,(H,18,20)/t10-,15-/m0/s1. The number of rotatable bonds is 2. The van der Waals surface area contributed by atoms with Crippen LogP contribution in [0.25, 0.3) is 10.2 Å². The summed E-state index contributed by atoms with van der Waals surface area (Å²) in [5.41, 5.74) is 3.53. The SMILES string of the molecule is C[C@H]1[C@H](NC(=O)c2ccc3ncsc3c2)C2CCN1CC2. The van der Waals surface area contributed by atoms with E-state index >= 15 is 0 Å². The van der Waals surface area contributed by atoms with Crippen LogP contribution in [0.2, 0.25) is 0 Å². The van der Waals surface area contributed by atoms with Crippen LogP contribution in [0, 0.1) is 5.92 Å². The number of piperidine rings is 3.